The molecule has 0 aliphatic heterocycles. The first-order chi connectivity index (χ1) is 5.70. The average Bonchev–Trinajstić information content (AvgIpc) is 2.92. The summed E-state index contributed by atoms with van der Waals surface area (Å²) < 4.78 is 0. The van der Waals surface area contributed by atoms with E-state index >= 15 is 0 Å². The molecule has 0 radical (unpaired) electrons. The van der Waals surface area contributed by atoms with Gasteiger partial charge in [0.15, 0.2) is 0 Å². The van der Waals surface area contributed by atoms with Crippen molar-refractivity contribution >= 4 is 0 Å². The molecule has 3 saturated carbocycles. The summed E-state index contributed by atoms with van der Waals surface area (Å²) in [6.45, 7) is 4.31. The molecule has 1 nitrogen and oxygen atoms in total. The van der Waals surface area contributed by atoms with Gasteiger partial charge in [0, 0.05) is 5.41 Å². The van der Waals surface area contributed by atoms with Gasteiger partial charge in [0.1, 0.15) is 0 Å². The van der Waals surface area contributed by atoms with Crippen LogP contribution in [0.3, 0.4) is 0 Å². The smallest absolute Gasteiger partial charge is 0.0627 e. The molecule has 0 aromatic carbocycles. The summed E-state index contributed by atoms with van der Waals surface area (Å²) in [4.78, 5) is 0. The van der Waals surface area contributed by atoms with Gasteiger partial charge in [-0.3, -0.25) is 0 Å². The summed E-state index contributed by atoms with van der Waals surface area (Å²) in [5.74, 6) is 3.31. The van der Waals surface area contributed by atoms with E-state index in [9.17, 15) is 5.11 Å². The molecule has 3 rings (SSSR count). The predicted octanol–water partition coefficient (Wildman–Crippen LogP) is 2.05. The van der Waals surface area contributed by atoms with Gasteiger partial charge in [-0.1, -0.05) is 20.3 Å². The molecule has 3 fully saturated rings. The van der Waals surface area contributed by atoms with Crippen LogP contribution in [0.5, 0.6) is 0 Å². The van der Waals surface area contributed by atoms with Crippen molar-refractivity contribution in [2.45, 2.75) is 39.2 Å². The van der Waals surface area contributed by atoms with E-state index in [2.05, 4.69) is 13.8 Å². The van der Waals surface area contributed by atoms with Crippen LogP contribution in [0.25, 0.3) is 0 Å². The molecule has 0 aromatic heterocycles. The van der Waals surface area contributed by atoms with Crippen molar-refractivity contribution in [1.29, 1.82) is 0 Å². The van der Waals surface area contributed by atoms with Gasteiger partial charge in [0.05, 0.1) is 6.10 Å². The molecular formula is C11H18O. The SMILES string of the molecule is CC(C)C(O)C12C3CCCC1C32. The second-order valence-corrected chi connectivity index (χ2v) is 5.36. The molecule has 1 heteroatoms. The van der Waals surface area contributed by atoms with Crippen molar-refractivity contribution in [3.05, 3.63) is 0 Å². The lowest BCUT2D eigenvalue weighted by Crippen LogP contribution is -2.30. The lowest BCUT2D eigenvalue weighted by atomic mass is 9.78. The van der Waals surface area contributed by atoms with Crippen molar-refractivity contribution in [3.63, 3.8) is 0 Å². The first-order valence-electron chi connectivity index (χ1n) is 5.38. The number of aliphatic hydroxyl groups excluding tert-OH is 1. The first kappa shape index (κ1) is 7.37. The Morgan fingerprint density at radius 1 is 1.25 bits per heavy atom. The summed E-state index contributed by atoms with van der Waals surface area (Å²) in [5, 5.41) is 10.1. The minimum absolute atomic E-state index is 0.0119. The second kappa shape index (κ2) is 1.89. The molecule has 3 unspecified atom stereocenters. The van der Waals surface area contributed by atoms with Crippen LogP contribution >= 0.6 is 0 Å². The van der Waals surface area contributed by atoms with E-state index in [1.807, 2.05) is 0 Å². The largest absolute Gasteiger partial charge is 0.392 e. The van der Waals surface area contributed by atoms with Gasteiger partial charge >= 0.3 is 0 Å². The lowest BCUT2D eigenvalue weighted by Gasteiger charge is -2.30. The lowest BCUT2D eigenvalue weighted by molar-refractivity contribution is 0.0389. The minimum Gasteiger partial charge on any atom is -0.392 e. The fourth-order valence-corrected chi connectivity index (χ4v) is 4.14. The third-order valence-corrected chi connectivity index (χ3v) is 4.68. The van der Waals surface area contributed by atoms with Gasteiger partial charge in [0.2, 0.25) is 0 Å². The highest BCUT2D eigenvalue weighted by atomic mass is 16.3. The molecule has 0 spiro atoms. The second-order valence-electron chi connectivity index (χ2n) is 5.36. The Bertz CT molecular complexity index is 200. The third kappa shape index (κ3) is 0.555. The Kier molecular flexibility index (Phi) is 1.16. The number of hydrogen-bond acceptors (Lipinski definition) is 1. The minimum atomic E-state index is 0.0119. The van der Waals surface area contributed by atoms with Gasteiger partial charge in [-0.25, -0.2) is 0 Å². The zero-order chi connectivity index (χ0) is 8.51. The molecule has 0 heterocycles. The Hall–Kier alpha value is -0.0400. The normalized spacial score (nSPS) is 56.5. The molecule has 3 aliphatic rings. The maximum atomic E-state index is 10.1. The molecule has 0 saturated heterocycles. The summed E-state index contributed by atoms with van der Waals surface area (Å²) >= 11 is 0. The summed E-state index contributed by atoms with van der Waals surface area (Å²) in [6.07, 6.45) is 4.26. The van der Waals surface area contributed by atoms with Crippen LogP contribution in [0.2, 0.25) is 0 Å². The van der Waals surface area contributed by atoms with Crippen LogP contribution in [0.1, 0.15) is 33.1 Å². The van der Waals surface area contributed by atoms with Crippen molar-refractivity contribution in [2.24, 2.45) is 29.1 Å². The predicted molar refractivity (Wildman–Crippen MR) is 47.6 cm³/mol. The van der Waals surface area contributed by atoms with Crippen molar-refractivity contribution in [1.82, 2.24) is 0 Å². The standard InChI is InChI=1S/C11H18O/c1-6(2)10(12)11-7-4-3-5-8(11)9(7)11/h6-10,12H,3-5H2,1-2H3. The van der Waals surface area contributed by atoms with Crippen molar-refractivity contribution < 1.29 is 5.11 Å². The number of hydrogen-bond donors (Lipinski definition) is 1. The topological polar surface area (TPSA) is 20.2 Å². The Labute approximate surface area is 74.2 Å². The number of aliphatic hydroxyl groups is 1. The van der Waals surface area contributed by atoms with Gasteiger partial charge in [-0.15, -0.1) is 0 Å². The third-order valence-electron chi connectivity index (χ3n) is 4.68. The highest BCUT2D eigenvalue weighted by Crippen LogP contribution is 2.90. The molecule has 12 heavy (non-hydrogen) atoms. The summed E-state index contributed by atoms with van der Waals surface area (Å²) in [6, 6.07) is 0. The van der Waals surface area contributed by atoms with Crippen molar-refractivity contribution in [3.8, 4) is 0 Å². The molecule has 68 valence electrons. The summed E-state index contributed by atoms with van der Waals surface area (Å²) in [5.41, 5.74) is 0.465. The first-order valence-corrected chi connectivity index (χ1v) is 5.38. The van der Waals surface area contributed by atoms with Crippen LogP contribution in [-0.4, -0.2) is 11.2 Å². The molecule has 0 bridgehead atoms. The van der Waals surface area contributed by atoms with Crippen LogP contribution in [0.15, 0.2) is 0 Å². The quantitative estimate of drug-likeness (QED) is 0.665. The summed E-state index contributed by atoms with van der Waals surface area (Å²) in [7, 11) is 0. The van der Waals surface area contributed by atoms with E-state index in [0.29, 0.717) is 11.3 Å². The Morgan fingerprint density at radius 2 is 1.83 bits per heavy atom. The number of fused-ring (bicyclic) bond motifs is 2. The van der Waals surface area contributed by atoms with Gasteiger partial charge in [-0.05, 0) is 36.5 Å². The Morgan fingerprint density at radius 3 is 2.25 bits per heavy atom. The molecular weight excluding hydrogens is 148 g/mol. The van der Waals surface area contributed by atoms with Crippen LogP contribution < -0.4 is 0 Å². The Balaban J connectivity index is 1.79. The van der Waals surface area contributed by atoms with Gasteiger partial charge < -0.3 is 5.11 Å². The molecule has 0 amide bonds. The van der Waals surface area contributed by atoms with E-state index in [1.54, 1.807) is 0 Å². The molecule has 3 aliphatic carbocycles. The maximum absolute atomic E-state index is 10.1. The van der Waals surface area contributed by atoms with E-state index in [1.165, 1.54) is 19.3 Å². The highest BCUT2D eigenvalue weighted by Gasteiger charge is 2.88. The number of rotatable bonds is 2. The van der Waals surface area contributed by atoms with Gasteiger partial charge in [0.25, 0.3) is 0 Å². The van der Waals surface area contributed by atoms with Crippen molar-refractivity contribution in [2.75, 3.05) is 0 Å². The zero-order valence-electron chi connectivity index (χ0n) is 7.96. The monoisotopic (exact) mass is 166 g/mol. The van der Waals surface area contributed by atoms with Gasteiger partial charge in [-0.2, -0.15) is 0 Å². The molecule has 1 N–H and O–H groups in total. The molecule has 3 atom stereocenters. The van der Waals surface area contributed by atoms with E-state index in [0.717, 1.165) is 17.8 Å². The maximum Gasteiger partial charge on any atom is 0.0627 e. The average molecular weight is 166 g/mol. The van der Waals surface area contributed by atoms with Crippen LogP contribution in [-0.2, 0) is 0 Å². The van der Waals surface area contributed by atoms with Crippen LogP contribution in [0.4, 0.5) is 0 Å². The zero-order valence-corrected chi connectivity index (χ0v) is 7.96. The fourth-order valence-electron chi connectivity index (χ4n) is 4.14. The highest BCUT2D eigenvalue weighted by molar-refractivity contribution is 5.35. The molecule has 0 aromatic rings. The fraction of sp³-hybridized carbons (Fsp3) is 1.00. The van der Waals surface area contributed by atoms with E-state index in [4.69, 9.17) is 0 Å². The van der Waals surface area contributed by atoms with Crippen LogP contribution in [0, 0.1) is 29.1 Å². The van der Waals surface area contributed by atoms with E-state index in [-0.39, 0.29) is 6.10 Å². The van der Waals surface area contributed by atoms with E-state index < -0.39 is 0 Å².